The van der Waals surface area contributed by atoms with Crippen molar-refractivity contribution in [1.29, 1.82) is 0 Å². The molecule has 0 unspecified atom stereocenters. The topological polar surface area (TPSA) is 84.7 Å². The fourth-order valence-electron chi connectivity index (χ4n) is 2.61. The minimum Gasteiger partial charge on any atom is -0.335 e. The molecule has 0 aliphatic heterocycles. The predicted molar refractivity (Wildman–Crippen MR) is 89.9 cm³/mol. The second-order valence-electron chi connectivity index (χ2n) is 6.20. The Hall–Kier alpha value is -1.96. The van der Waals surface area contributed by atoms with Crippen molar-refractivity contribution in [3.8, 4) is 0 Å². The zero-order chi connectivity index (χ0) is 16.6. The zero-order valence-corrected chi connectivity index (χ0v) is 14.7. The minimum atomic E-state index is -0.241. The average Bonchev–Trinajstić information content (AvgIpc) is 3.19. The molecular formula is C15H22N6OS. The maximum Gasteiger partial charge on any atom is 0.321 e. The molecule has 0 spiro atoms. The van der Waals surface area contributed by atoms with E-state index in [1.54, 1.807) is 0 Å². The molecule has 8 heteroatoms. The highest BCUT2D eigenvalue weighted by Crippen LogP contribution is 2.41. The number of aromatic nitrogens is 4. The lowest BCUT2D eigenvalue weighted by molar-refractivity contribution is 0.249. The van der Waals surface area contributed by atoms with Crippen molar-refractivity contribution >= 4 is 22.5 Å². The van der Waals surface area contributed by atoms with E-state index in [1.807, 2.05) is 32.5 Å². The third-order valence-corrected chi connectivity index (χ3v) is 5.14. The second kappa shape index (κ2) is 6.27. The first kappa shape index (κ1) is 15.9. The van der Waals surface area contributed by atoms with Gasteiger partial charge in [-0.1, -0.05) is 11.3 Å². The van der Waals surface area contributed by atoms with Crippen LogP contribution in [0.15, 0.2) is 0 Å². The summed E-state index contributed by atoms with van der Waals surface area (Å²) >= 11 is 1.46. The Bertz CT molecular complexity index is 718. The third kappa shape index (κ3) is 3.69. The number of urea groups is 1. The number of hydrogen-bond donors (Lipinski definition) is 2. The van der Waals surface area contributed by atoms with Gasteiger partial charge in [0.2, 0.25) is 5.13 Å². The number of nitrogens with zero attached hydrogens (tertiary/aromatic N) is 4. The quantitative estimate of drug-likeness (QED) is 0.880. The zero-order valence-electron chi connectivity index (χ0n) is 13.9. The fourth-order valence-corrected chi connectivity index (χ4v) is 3.51. The highest BCUT2D eigenvalue weighted by Gasteiger charge is 2.27. The maximum absolute atomic E-state index is 12.1. The maximum atomic E-state index is 12.1. The monoisotopic (exact) mass is 334 g/mol. The molecule has 2 aromatic heterocycles. The normalized spacial score (nSPS) is 15.5. The van der Waals surface area contributed by atoms with Crippen LogP contribution in [0.1, 0.15) is 47.6 Å². The van der Waals surface area contributed by atoms with Crippen LogP contribution >= 0.6 is 11.3 Å². The van der Waals surface area contributed by atoms with E-state index in [-0.39, 0.29) is 12.1 Å². The Labute approximate surface area is 139 Å². The Kier molecular flexibility index (Phi) is 4.34. The van der Waals surface area contributed by atoms with Crippen molar-refractivity contribution in [2.75, 3.05) is 5.32 Å². The van der Waals surface area contributed by atoms with Crippen molar-refractivity contribution in [2.24, 2.45) is 7.05 Å². The van der Waals surface area contributed by atoms with Gasteiger partial charge in [0, 0.05) is 24.7 Å². The summed E-state index contributed by atoms with van der Waals surface area (Å²) in [6.07, 6.45) is 3.12. The molecule has 0 saturated heterocycles. The first-order valence-corrected chi connectivity index (χ1v) is 8.65. The summed E-state index contributed by atoms with van der Waals surface area (Å²) in [5.74, 6) is 0.557. The van der Waals surface area contributed by atoms with Crippen molar-refractivity contribution < 1.29 is 4.79 Å². The van der Waals surface area contributed by atoms with Gasteiger partial charge in [0.05, 0.1) is 5.69 Å². The van der Waals surface area contributed by atoms with Gasteiger partial charge >= 0.3 is 6.03 Å². The smallest absolute Gasteiger partial charge is 0.321 e. The fraction of sp³-hybridized carbons (Fsp3) is 0.600. The number of amides is 2. The van der Waals surface area contributed by atoms with Gasteiger partial charge < -0.3 is 5.32 Å². The van der Waals surface area contributed by atoms with Crippen molar-refractivity contribution in [3.63, 3.8) is 0 Å². The molecule has 0 bridgehead atoms. The summed E-state index contributed by atoms with van der Waals surface area (Å²) in [7, 11) is 1.93. The van der Waals surface area contributed by atoms with Crippen LogP contribution in [0.3, 0.4) is 0 Å². The van der Waals surface area contributed by atoms with Crippen LogP contribution < -0.4 is 10.6 Å². The Morgan fingerprint density at radius 2 is 2.13 bits per heavy atom. The number of rotatable bonds is 5. The van der Waals surface area contributed by atoms with Crippen LogP contribution in [-0.4, -0.2) is 32.1 Å². The first-order chi connectivity index (χ1) is 10.9. The van der Waals surface area contributed by atoms with Crippen molar-refractivity contribution in [2.45, 2.75) is 52.0 Å². The number of anilines is 1. The molecule has 1 saturated carbocycles. The lowest BCUT2D eigenvalue weighted by atomic mass is 10.1. The van der Waals surface area contributed by atoms with Gasteiger partial charge in [0.1, 0.15) is 5.01 Å². The van der Waals surface area contributed by atoms with Gasteiger partial charge in [-0.3, -0.25) is 10.00 Å². The molecule has 2 aromatic rings. The summed E-state index contributed by atoms with van der Waals surface area (Å²) in [6.45, 7) is 6.03. The molecule has 2 N–H and O–H groups in total. The number of carbonyl (C=O) groups is 1. The molecule has 124 valence electrons. The third-order valence-electron chi connectivity index (χ3n) is 4.13. The highest BCUT2D eigenvalue weighted by molar-refractivity contribution is 7.15. The van der Waals surface area contributed by atoms with Crippen molar-refractivity contribution in [3.05, 3.63) is 22.0 Å². The number of hydrogen-bond acceptors (Lipinski definition) is 5. The lowest BCUT2D eigenvalue weighted by Crippen LogP contribution is -2.37. The van der Waals surface area contributed by atoms with Crippen LogP contribution in [0.4, 0.5) is 9.93 Å². The minimum absolute atomic E-state index is 0.00687. The molecular weight excluding hydrogens is 312 g/mol. The van der Waals surface area contributed by atoms with Gasteiger partial charge in [-0.15, -0.1) is 10.2 Å². The van der Waals surface area contributed by atoms with Gasteiger partial charge in [0.15, 0.2) is 0 Å². The predicted octanol–water partition coefficient (Wildman–Crippen LogP) is 2.52. The van der Waals surface area contributed by atoms with Gasteiger partial charge in [-0.25, -0.2) is 4.79 Å². The van der Waals surface area contributed by atoms with Crippen LogP contribution in [-0.2, 0) is 13.5 Å². The molecule has 1 aliphatic carbocycles. The number of carbonyl (C=O) groups excluding carboxylic acids is 1. The largest absolute Gasteiger partial charge is 0.335 e. The number of nitrogens with one attached hydrogen (secondary N) is 2. The van der Waals surface area contributed by atoms with Crippen molar-refractivity contribution in [1.82, 2.24) is 25.3 Å². The molecule has 3 rings (SSSR count). The van der Waals surface area contributed by atoms with Gasteiger partial charge in [0.25, 0.3) is 0 Å². The SMILES string of the molecule is Cc1nn(C)c(C)c1C[C@H](C)NC(=O)Nc1nnc(C2CC2)s1. The number of aryl methyl sites for hydroxylation is 2. The van der Waals surface area contributed by atoms with E-state index in [0.29, 0.717) is 11.0 Å². The molecule has 1 atom stereocenters. The first-order valence-electron chi connectivity index (χ1n) is 7.84. The van der Waals surface area contributed by atoms with Gasteiger partial charge in [-0.05, 0) is 45.6 Å². The summed E-state index contributed by atoms with van der Waals surface area (Å²) in [5, 5.41) is 19.9. The summed E-state index contributed by atoms with van der Waals surface area (Å²) < 4.78 is 1.87. The molecule has 1 aliphatic rings. The van der Waals surface area contributed by atoms with E-state index in [0.717, 1.165) is 22.8 Å². The molecule has 1 fully saturated rings. The standard InChI is InChI=1S/C15H22N6OS/c1-8(7-12-9(2)20-21(4)10(12)3)16-14(22)17-15-19-18-13(23-15)11-5-6-11/h8,11H,5-7H2,1-4H3,(H2,16,17,19,22)/t8-/m0/s1. The Balaban J connectivity index is 1.54. The second-order valence-corrected chi connectivity index (χ2v) is 7.21. The van der Waals surface area contributed by atoms with E-state index in [2.05, 4.69) is 25.9 Å². The average molecular weight is 334 g/mol. The highest BCUT2D eigenvalue weighted by atomic mass is 32.1. The molecule has 0 aromatic carbocycles. The Morgan fingerprint density at radius 1 is 1.39 bits per heavy atom. The summed E-state index contributed by atoms with van der Waals surface area (Å²) in [5.41, 5.74) is 3.33. The van der Waals surface area contributed by atoms with E-state index < -0.39 is 0 Å². The van der Waals surface area contributed by atoms with Crippen LogP contribution in [0, 0.1) is 13.8 Å². The molecule has 7 nitrogen and oxygen atoms in total. The molecule has 2 heterocycles. The van der Waals surface area contributed by atoms with E-state index in [9.17, 15) is 4.79 Å². The van der Waals surface area contributed by atoms with Crippen LogP contribution in [0.25, 0.3) is 0 Å². The molecule has 23 heavy (non-hydrogen) atoms. The Morgan fingerprint density at radius 3 is 2.74 bits per heavy atom. The summed E-state index contributed by atoms with van der Waals surface area (Å²) in [4.78, 5) is 12.1. The van der Waals surface area contributed by atoms with Crippen LogP contribution in [0.5, 0.6) is 0 Å². The lowest BCUT2D eigenvalue weighted by Gasteiger charge is -2.14. The molecule has 0 radical (unpaired) electrons. The summed E-state index contributed by atoms with van der Waals surface area (Å²) in [6, 6.07) is -0.234. The van der Waals surface area contributed by atoms with E-state index in [1.165, 1.54) is 29.7 Å². The molecule has 2 amide bonds. The van der Waals surface area contributed by atoms with Gasteiger partial charge in [-0.2, -0.15) is 5.10 Å². The van der Waals surface area contributed by atoms with Crippen LogP contribution in [0.2, 0.25) is 0 Å². The van der Waals surface area contributed by atoms with E-state index >= 15 is 0 Å². The van der Waals surface area contributed by atoms with E-state index in [4.69, 9.17) is 0 Å².